The lowest BCUT2D eigenvalue weighted by molar-refractivity contribution is 0.277. The number of fused-ring (bicyclic) bond motifs is 1. The second-order valence-electron chi connectivity index (χ2n) is 4.06. The third kappa shape index (κ3) is 2.49. The van der Waals surface area contributed by atoms with E-state index < -0.39 is 12.4 Å². The summed E-state index contributed by atoms with van der Waals surface area (Å²) in [5.41, 5.74) is 0.567. The van der Waals surface area contributed by atoms with Crippen molar-refractivity contribution in [1.29, 1.82) is 0 Å². The van der Waals surface area contributed by atoms with E-state index >= 15 is 0 Å². The van der Waals surface area contributed by atoms with Crippen molar-refractivity contribution in [2.24, 2.45) is 0 Å². The maximum Gasteiger partial charge on any atom is 0.506 e. The number of hydrogen-bond donors (Lipinski definition) is 0. The molecule has 0 N–H and O–H groups in total. The lowest BCUT2D eigenvalue weighted by Gasteiger charge is -2.30. The second-order valence-corrected chi connectivity index (χ2v) is 5.06. The van der Waals surface area contributed by atoms with E-state index in [0.29, 0.717) is 13.1 Å². The second kappa shape index (κ2) is 4.26. The van der Waals surface area contributed by atoms with Gasteiger partial charge in [0, 0.05) is 18.0 Å². The highest BCUT2D eigenvalue weighted by Crippen LogP contribution is 2.26. The van der Waals surface area contributed by atoms with Crippen molar-refractivity contribution >= 4 is 18.3 Å². The van der Waals surface area contributed by atoms with Crippen LogP contribution in [0.3, 0.4) is 0 Å². The summed E-state index contributed by atoms with van der Waals surface area (Å²) < 4.78 is 37.1. The van der Waals surface area contributed by atoms with Gasteiger partial charge in [0.05, 0.1) is 0 Å². The first-order valence-electron chi connectivity index (χ1n) is 5.12. The maximum atomic E-state index is 12.4. The van der Waals surface area contributed by atoms with E-state index in [0.717, 1.165) is 6.42 Å². The van der Waals surface area contributed by atoms with E-state index in [9.17, 15) is 12.9 Å². The van der Waals surface area contributed by atoms with Crippen molar-refractivity contribution in [2.75, 3.05) is 13.1 Å². The topological polar surface area (TPSA) is 3.24 Å². The van der Waals surface area contributed by atoms with E-state index in [4.69, 9.17) is 0 Å². The zero-order valence-electron chi connectivity index (χ0n) is 8.76. The number of hydrogen-bond acceptors (Lipinski definition) is 2. The van der Waals surface area contributed by atoms with Crippen LogP contribution in [0.2, 0.25) is 0 Å². The quantitative estimate of drug-likeness (QED) is 0.741. The van der Waals surface area contributed by atoms with Gasteiger partial charge in [-0.1, -0.05) is 0 Å². The van der Waals surface area contributed by atoms with E-state index in [1.54, 1.807) is 11.3 Å². The van der Waals surface area contributed by atoms with Gasteiger partial charge >= 0.3 is 6.98 Å². The Morgan fingerprint density at radius 2 is 2.25 bits per heavy atom. The van der Waals surface area contributed by atoms with Crippen LogP contribution in [0.15, 0.2) is 23.5 Å². The summed E-state index contributed by atoms with van der Waals surface area (Å²) in [7, 11) is 0. The minimum absolute atomic E-state index is 0.0568. The summed E-state index contributed by atoms with van der Waals surface area (Å²) in [5, 5.41) is 2.00. The van der Waals surface area contributed by atoms with Gasteiger partial charge in [0.25, 0.3) is 0 Å². The molecule has 0 atom stereocenters. The molecule has 0 fully saturated rings. The van der Waals surface area contributed by atoms with Crippen LogP contribution in [0.25, 0.3) is 0 Å². The van der Waals surface area contributed by atoms with Gasteiger partial charge in [-0.05, 0) is 30.0 Å². The molecule has 6 heteroatoms. The van der Waals surface area contributed by atoms with Gasteiger partial charge in [-0.3, -0.25) is 4.90 Å². The summed E-state index contributed by atoms with van der Waals surface area (Å²) in [4.78, 5) is 3.12. The van der Waals surface area contributed by atoms with Gasteiger partial charge < -0.3 is 12.9 Å². The van der Waals surface area contributed by atoms with Gasteiger partial charge in [-0.2, -0.15) is 0 Å². The minimum Gasteiger partial charge on any atom is -0.445 e. The van der Waals surface area contributed by atoms with Crippen LogP contribution in [0.5, 0.6) is 0 Å². The van der Waals surface area contributed by atoms with Crippen LogP contribution in [0.4, 0.5) is 12.9 Å². The molecule has 2 rings (SSSR count). The summed E-state index contributed by atoms with van der Waals surface area (Å²) in [6, 6.07) is 1.99. The molecule has 1 aromatic heterocycles. The first kappa shape index (κ1) is 11.7. The predicted octanol–water partition coefficient (Wildman–Crippen LogP) is 3.05. The Kier molecular flexibility index (Phi) is 3.12. The SMILES string of the molecule is C=C(CN1CCc2sccc2C1)[B-](F)(F)F. The fraction of sp³-hybridized carbons (Fsp3) is 0.400. The summed E-state index contributed by atoms with van der Waals surface area (Å²) in [6.07, 6.45) is 0.852. The smallest absolute Gasteiger partial charge is 0.445 e. The Morgan fingerprint density at radius 3 is 2.94 bits per heavy atom. The molecule has 1 aromatic rings. The molecule has 0 aromatic carbocycles. The summed E-state index contributed by atoms with van der Waals surface area (Å²) >= 11 is 1.68. The molecule has 0 bridgehead atoms. The van der Waals surface area contributed by atoms with Crippen LogP contribution in [0, 0.1) is 0 Å². The highest BCUT2D eigenvalue weighted by atomic mass is 32.1. The molecular weight excluding hydrogens is 234 g/mol. The highest BCUT2D eigenvalue weighted by molar-refractivity contribution is 7.10. The van der Waals surface area contributed by atoms with Crippen molar-refractivity contribution in [3.8, 4) is 0 Å². The lowest BCUT2D eigenvalue weighted by atomic mass is 9.80. The third-order valence-electron chi connectivity index (χ3n) is 2.78. The van der Waals surface area contributed by atoms with Crippen molar-refractivity contribution in [3.63, 3.8) is 0 Å². The van der Waals surface area contributed by atoms with Crippen LogP contribution in [-0.4, -0.2) is 25.0 Å². The van der Waals surface area contributed by atoms with Crippen molar-refractivity contribution in [1.82, 2.24) is 4.90 Å². The Bertz CT molecular complexity index is 399. The molecule has 2 heterocycles. The van der Waals surface area contributed by atoms with Gasteiger partial charge in [-0.25, -0.2) is 0 Å². The average Bonchev–Trinajstić information content (AvgIpc) is 2.63. The number of rotatable bonds is 3. The first-order valence-corrected chi connectivity index (χ1v) is 6.00. The zero-order valence-corrected chi connectivity index (χ0v) is 9.57. The lowest BCUT2D eigenvalue weighted by Crippen LogP contribution is -2.35. The Labute approximate surface area is 96.6 Å². The van der Waals surface area contributed by atoms with Crippen molar-refractivity contribution in [2.45, 2.75) is 13.0 Å². The molecule has 1 aliphatic heterocycles. The third-order valence-corrected chi connectivity index (χ3v) is 3.80. The fourth-order valence-corrected chi connectivity index (χ4v) is 2.72. The standard InChI is InChI=1S/C10H12BF3NS/c1-8(11(12,13)14)6-15-4-2-10-9(7-15)3-5-16-10/h3,5H,1-2,4,6-7H2/q-1. The van der Waals surface area contributed by atoms with E-state index in [2.05, 4.69) is 6.58 Å². The molecule has 0 radical (unpaired) electrons. The van der Waals surface area contributed by atoms with Gasteiger partial charge in [0.1, 0.15) is 0 Å². The van der Waals surface area contributed by atoms with Crippen molar-refractivity contribution < 1.29 is 12.9 Å². The largest absolute Gasteiger partial charge is 0.506 e. The Morgan fingerprint density at radius 1 is 1.50 bits per heavy atom. The molecular formula is C10H12BF3NS-. The fourth-order valence-electron chi connectivity index (χ4n) is 1.83. The summed E-state index contributed by atoms with van der Waals surface area (Å²) in [5.74, 6) is 0. The molecule has 1 nitrogen and oxygen atoms in total. The zero-order chi connectivity index (χ0) is 11.8. The first-order chi connectivity index (χ1) is 7.47. The molecule has 88 valence electrons. The Balaban J connectivity index is 1.97. The van der Waals surface area contributed by atoms with Crippen LogP contribution >= 0.6 is 11.3 Å². The van der Waals surface area contributed by atoms with E-state index in [1.807, 2.05) is 16.3 Å². The molecule has 0 unspecified atom stereocenters. The maximum absolute atomic E-state index is 12.4. The highest BCUT2D eigenvalue weighted by Gasteiger charge is 2.28. The van der Waals surface area contributed by atoms with Gasteiger partial charge in [0.2, 0.25) is 0 Å². The molecule has 16 heavy (non-hydrogen) atoms. The van der Waals surface area contributed by atoms with Gasteiger partial charge in [0.15, 0.2) is 0 Å². The van der Waals surface area contributed by atoms with Crippen molar-refractivity contribution in [3.05, 3.63) is 33.9 Å². The molecule has 0 amide bonds. The number of nitrogens with zero attached hydrogens (tertiary/aromatic N) is 1. The van der Waals surface area contributed by atoms with Crippen LogP contribution in [0.1, 0.15) is 10.4 Å². The van der Waals surface area contributed by atoms with Crippen LogP contribution < -0.4 is 0 Å². The molecule has 0 saturated heterocycles. The number of thiophene rings is 1. The molecule has 1 aliphatic rings. The average molecular weight is 246 g/mol. The monoisotopic (exact) mass is 246 g/mol. The number of halogens is 3. The molecule has 0 spiro atoms. The molecule has 0 aliphatic carbocycles. The minimum atomic E-state index is -4.89. The van der Waals surface area contributed by atoms with E-state index in [-0.39, 0.29) is 6.54 Å². The Hall–Kier alpha value is -0.745. The van der Waals surface area contributed by atoms with E-state index in [1.165, 1.54) is 10.4 Å². The normalized spacial score (nSPS) is 17.2. The summed E-state index contributed by atoms with van der Waals surface area (Å²) in [6.45, 7) is -0.513. The van der Waals surface area contributed by atoms with Crippen LogP contribution in [-0.2, 0) is 13.0 Å². The molecule has 0 saturated carbocycles. The van der Waals surface area contributed by atoms with Gasteiger partial charge in [-0.15, -0.1) is 23.4 Å². The predicted molar refractivity (Wildman–Crippen MR) is 61.5 cm³/mol.